The van der Waals surface area contributed by atoms with Gasteiger partial charge in [-0.05, 0) is 42.8 Å². The van der Waals surface area contributed by atoms with Crippen molar-refractivity contribution >= 4 is 11.8 Å². The molecular formula is C23H54N2OS. The molecule has 0 atom stereocenters. The van der Waals surface area contributed by atoms with Crippen LogP contribution in [0.4, 0.5) is 0 Å². The van der Waals surface area contributed by atoms with Crippen LogP contribution in [0.2, 0.25) is 0 Å². The predicted octanol–water partition coefficient (Wildman–Crippen LogP) is 6.13. The van der Waals surface area contributed by atoms with Gasteiger partial charge in [-0.2, -0.15) is 11.8 Å². The Balaban J connectivity index is -0.000000411. The molecule has 0 aliphatic heterocycles. The van der Waals surface area contributed by atoms with Crippen LogP contribution < -0.4 is 0 Å². The number of hydrogen-bond donors (Lipinski definition) is 0. The number of nitrogens with zero attached hydrogens (tertiary/aromatic N) is 2. The summed E-state index contributed by atoms with van der Waals surface area (Å²) in [4.78, 5) is 4.86. The van der Waals surface area contributed by atoms with Crippen molar-refractivity contribution in [2.45, 2.75) is 76.7 Å². The van der Waals surface area contributed by atoms with E-state index in [1.807, 2.05) is 0 Å². The third-order valence-corrected chi connectivity index (χ3v) is 5.50. The van der Waals surface area contributed by atoms with Crippen LogP contribution in [-0.2, 0) is 4.74 Å². The van der Waals surface area contributed by atoms with Crippen LogP contribution in [0.3, 0.4) is 0 Å². The number of hydrogen-bond acceptors (Lipinski definition) is 4. The first kappa shape index (κ1) is 31.9. The first-order valence-electron chi connectivity index (χ1n) is 10.6. The second kappa shape index (κ2) is 18.3. The molecule has 0 aliphatic carbocycles. The molecule has 4 heteroatoms. The first-order valence-corrected chi connectivity index (χ1v) is 11.7. The zero-order valence-corrected chi connectivity index (χ0v) is 20.6. The van der Waals surface area contributed by atoms with Crippen molar-refractivity contribution in [2.24, 2.45) is 10.8 Å². The van der Waals surface area contributed by atoms with Gasteiger partial charge in [-0.3, -0.25) is 0 Å². The highest BCUT2D eigenvalue weighted by Crippen LogP contribution is 2.20. The largest absolute Gasteiger partial charge is 0.380 e. The third-order valence-electron chi connectivity index (χ3n) is 3.96. The molecular weight excluding hydrogens is 352 g/mol. The second-order valence-corrected chi connectivity index (χ2v) is 10.4. The molecule has 0 spiro atoms. The van der Waals surface area contributed by atoms with Crippen molar-refractivity contribution < 1.29 is 4.74 Å². The Morgan fingerprint density at radius 3 is 1.52 bits per heavy atom. The van der Waals surface area contributed by atoms with Crippen LogP contribution in [0.5, 0.6) is 0 Å². The van der Waals surface area contributed by atoms with Gasteiger partial charge >= 0.3 is 0 Å². The fraction of sp³-hybridized carbons (Fsp3) is 1.00. The second-order valence-electron chi connectivity index (χ2n) is 9.28. The smallest absolute Gasteiger partial charge is 0.0593 e. The van der Waals surface area contributed by atoms with Gasteiger partial charge in [0.05, 0.1) is 13.2 Å². The van der Waals surface area contributed by atoms with Crippen LogP contribution in [0, 0.1) is 10.8 Å². The molecule has 0 unspecified atom stereocenters. The summed E-state index contributed by atoms with van der Waals surface area (Å²) in [7, 11) is 0. The van der Waals surface area contributed by atoms with Gasteiger partial charge in [-0.25, -0.2) is 0 Å². The lowest BCUT2D eigenvalue weighted by Crippen LogP contribution is -2.28. The predicted molar refractivity (Wildman–Crippen MR) is 129 cm³/mol. The molecule has 0 bridgehead atoms. The van der Waals surface area contributed by atoms with E-state index in [0.717, 1.165) is 32.8 Å². The van der Waals surface area contributed by atoms with Crippen molar-refractivity contribution in [2.75, 3.05) is 64.0 Å². The summed E-state index contributed by atoms with van der Waals surface area (Å²) in [6.07, 6.45) is 0. The van der Waals surface area contributed by atoms with Gasteiger partial charge in [0, 0.05) is 18.8 Å². The summed E-state index contributed by atoms with van der Waals surface area (Å²) < 4.78 is 5.59. The topological polar surface area (TPSA) is 15.7 Å². The minimum Gasteiger partial charge on any atom is -0.380 e. The van der Waals surface area contributed by atoms with Gasteiger partial charge < -0.3 is 14.5 Å². The van der Waals surface area contributed by atoms with E-state index in [2.05, 4.69) is 90.8 Å². The molecule has 0 N–H and O–H groups in total. The summed E-state index contributed by atoms with van der Waals surface area (Å²) in [5.41, 5.74) is 0.775. The van der Waals surface area contributed by atoms with Crippen molar-refractivity contribution in [1.82, 2.24) is 9.80 Å². The summed E-state index contributed by atoms with van der Waals surface area (Å²) in [5.74, 6) is 2.55. The molecule has 0 saturated carbocycles. The molecule has 0 aromatic rings. The molecule has 0 saturated heterocycles. The Morgan fingerprint density at radius 2 is 1.15 bits per heavy atom. The van der Waals surface area contributed by atoms with Crippen LogP contribution >= 0.6 is 11.8 Å². The van der Waals surface area contributed by atoms with Crippen molar-refractivity contribution in [1.29, 1.82) is 0 Å². The Bertz CT molecular complexity index is 260. The van der Waals surface area contributed by atoms with E-state index >= 15 is 0 Å². The summed E-state index contributed by atoms with van der Waals surface area (Å²) >= 11 is 2.08. The molecule has 0 aromatic carbocycles. The van der Waals surface area contributed by atoms with E-state index in [4.69, 9.17) is 4.74 Å². The Hall–Kier alpha value is 0.230. The fourth-order valence-electron chi connectivity index (χ4n) is 2.22. The van der Waals surface area contributed by atoms with Gasteiger partial charge in [0.2, 0.25) is 0 Å². The zero-order chi connectivity index (χ0) is 20.6. The molecule has 0 heterocycles. The summed E-state index contributed by atoms with van der Waals surface area (Å²) in [6, 6.07) is 0. The van der Waals surface area contributed by atoms with E-state index in [9.17, 15) is 0 Å². The van der Waals surface area contributed by atoms with E-state index in [-0.39, 0.29) is 7.43 Å². The maximum Gasteiger partial charge on any atom is 0.0593 e. The number of thioether (sulfide) groups is 1. The van der Waals surface area contributed by atoms with Gasteiger partial charge in [0.25, 0.3) is 0 Å². The SMILES string of the molecule is C.CCN(CC)CCOCC(C)(C)C.CCN(CC)CCSCC(C)(C)C. The first-order chi connectivity index (χ1) is 12.0. The lowest BCUT2D eigenvalue weighted by atomic mass is 9.99. The Kier molecular flexibility index (Phi) is 21.6. The monoisotopic (exact) mass is 406 g/mol. The fourth-order valence-corrected chi connectivity index (χ4v) is 3.37. The molecule has 0 radical (unpaired) electrons. The molecule has 0 fully saturated rings. The van der Waals surface area contributed by atoms with Gasteiger partial charge in [-0.15, -0.1) is 0 Å². The maximum atomic E-state index is 5.59. The van der Waals surface area contributed by atoms with Crippen molar-refractivity contribution in [3.05, 3.63) is 0 Å². The van der Waals surface area contributed by atoms with Gasteiger partial charge in [-0.1, -0.05) is 76.7 Å². The van der Waals surface area contributed by atoms with Gasteiger partial charge in [0.1, 0.15) is 0 Å². The van der Waals surface area contributed by atoms with Crippen molar-refractivity contribution in [3.8, 4) is 0 Å². The molecule has 3 nitrogen and oxygen atoms in total. The number of rotatable bonds is 12. The van der Waals surface area contributed by atoms with E-state index in [1.165, 1.54) is 31.1 Å². The molecule has 0 aliphatic rings. The summed E-state index contributed by atoms with van der Waals surface area (Å²) in [6.45, 7) is 31.0. The highest BCUT2D eigenvalue weighted by molar-refractivity contribution is 7.99. The molecule has 0 rings (SSSR count). The average Bonchev–Trinajstić information content (AvgIpc) is 2.54. The minimum atomic E-state index is 0. The number of likely N-dealkylation sites (N-methyl/N-ethyl adjacent to an activating group) is 1. The lowest BCUT2D eigenvalue weighted by Gasteiger charge is -2.21. The normalized spacial score (nSPS) is 12.0. The Labute approximate surface area is 178 Å². The van der Waals surface area contributed by atoms with Crippen LogP contribution in [0.25, 0.3) is 0 Å². The Morgan fingerprint density at radius 1 is 0.704 bits per heavy atom. The summed E-state index contributed by atoms with van der Waals surface area (Å²) in [5, 5.41) is 0. The average molecular weight is 407 g/mol. The maximum absolute atomic E-state index is 5.59. The van der Waals surface area contributed by atoms with E-state index in [0.29, 0.717) is 10.8 Å². The van der Waals surface area contributed by atoms with Crippen LogP contribution in [0.1, 0.15) is 76.7 Å². The highest BCUT2D eigenvalue weighted by Gasteiger charge is 2.10. The van der Waals surface area contributed by atoms with E-state index in [1.54, 1.807) is 0 Å². The van der Waals surface area contributed by atoms with Crippen LogP contribution in [0.15, 0.2) is 0 Å². The van der Waals surface area contributed by atoms with E-state index < -0.39 is 0 Å². The van der Waals surface area contributed by atoms with Gasteiger partial charge in [0.15, 0.2) is 0 Å². The number of ether oxygens (including phenoxy) is 1. The minimum absolute atomic E-state index is 0. The molecule has 0 aromatic heterocycles. The zero-order valence-electron chi connectivity index (χ0n) is 19.8. The molecule has 27 heavy (non-hydrogen) atoms. The quantitative estimate of drug-likeness (QED) is 0.362. The molecule has 168 valence electrons. The highest BCUT2D eigenvalue weighted by atomic mass is 32.2. The molecule has 0 amide bonds. The standard InChI is InChI=1S/C11H25NO.C11H25NS.CH4/c2*1-6-12(7-2)8-9-13-10-11(3,4)5;/h2*6-10H2,1-5H3;1H4. The van der Waals surface area contributed by atoms with Crippen molar-refractivity contribution in [3.63, 3.8) is 0 Å². The third kappa shape index (κ3) is 26.2. The lowest BCUT2D eigenvalue weighted by molar-refractivity contribution is 0.0564. The van der Waals surface area contributed by atoms with Crippen LogP contribution in [-0.4, -0.2) is 73.8 Å².